The third-order valence-corrected chi connectivity index (χ3v) is 5.55. The zero-order chi connectivity index (χ0) is 15.3. The molecule has 1 saturated heterocycles. The predicted octanol–water partition coefficient (Wildman–Crippen LogP) is 1.69. The number of likely N-dealkylation sites (tertiary alicyclic amines) is 1. The molecule has 1 aliphatic carbocycles. The minimum Gasteiger partial charge on any atom is -0.394 e. The normalized spacial score (nSPS) is 35.3. The number of nitrogens with zero attached hydrogens (tertiary/aromatic N) is 2. The van der Waals surface area contributed by atoms with Gasteiger partial charge in [0.15, 0.2) is 0 Å². The van der Waals surface area contributed by atoms with Gasteiger partial charge in [0.25, 0.3) is 0 Å². The van der Waals surface area contributed by atoms with Crippen LogP contribution >= 0.6 is 0 Å². The Hall–Kier alpha value is -0.160. The van der Waals surface area contributed by atoms with Crippen molar-refractivity contribution in [2.45, 2.75) is 69.5 Å². The highest BCUT2D eigenvalue weighted by Crippen LogP contribution is 2.32. The third kappa shape index (κ3) is 4.41. The molecule has 0 amide bonds. The van der Waals surface area contributed by atoms with Crippen LogP contribution in [0.4, 0.5) is 0 Å². The molecule has 0 aromatic carbocycles. The van der Waals surface area contributed by atoms with Gasteiger partial charge in [-0.3, -0.25) is 4.90 Å². The van der Waals surface area contributed by atoms with Crippen molar-refractivity contribution in [2.75, 3.05) is 40.3 Å². The molecule has 3 unspecified atom stereocenters. The Bertz CT molecular complexity index is 310. The van der Waals surface area contributed by atoms with Gasteiger partial charge in [-0.2, -0.15) is 0 Å². The Morgan fingerprint density at radius 2 is 2.10 bits per heavy atom. The standard InChI is InChI=1S/C17H35N3O/c1-4-10-18-17(14-21)9-5-7-15(12-17)20-11-6-8-16(13-20)19(2)3/h15-16,18,21H,4-14H2,1-3H3. The second-order valence-electron chi connectivity index (χ2n) is 7.37. The predicted molar refractivity (Wildman–Crippen MR) is 88.6 cm³/mol. The van der Waals surface area contributed by atoms with E-state index in [1.54, 1.807) is 0 Å². The molecule has 2 aliphatic rings. The first-order valence-electron chi connectivity index (χ1n) is 8.86. The highest BCUT2D eigenvalue weighted by molar-refractivity contribution is 4.97. The van der Waals surface area contributed by atoms with E-state index in [1.807, 2.05) is 0 Å². The summed E-state index contributed by atoms with van der Waals surface area (Å²) >= 11 is 0. The monoisotopic (exact) mass is 297 g/mol. The summed E-state index contributed by atoms with van der Waals surface area (Å²) in [4.78, 5) is 5.08. The van der Waals surface area contributed by atoms with E-state index >= 15 is 0 Å². The molecule has 2 N–H and O–H groups in total. The SMILES string of the molecule is CCCNC1(CO)CCCC(N2CCCC(N(C)C)C2)C1. The number of aliphatic hydroxyl groups excluding tert-OH is 1. The summed E-state index contributed by atoms with van der Waals surface area (Å²) in [7, 11) is 4.41. The van der Waals surface area contributed by atoms with Crippen molar-refractivity contribution in [1.29, 1.82) is 0 Å². The van der Waals surface area contributed by atoms with Gasteiger partial charge in [-0.1, -0.05) is 6.92 Å². The fourth-order valence-electron chi connectivity index (χ4n) is 4.13. The van der Waals surface area contributed by atoms with Crippen LogP contribution in [0.1, 0.15) is 51.9 Å². The van der Waals surface area contributed by atoms with E-state index in [2.05, 4.69) is 36.1 Å². The van der Waals surface area contributed by atoms with Crippen molar-refractivity contribution in [2.24, 2.45) is 0 Å². The van der Waals surface area contributed by atoms with Gasteiger partial charge in [0, 0.05) is 24.2 Å². The molecule has 4 heteroatoms. The first-order valence-corrected chi connectivity index (χ1v) is 8.86. The quantitative estimate of drug-likeness (QED) is 0.782. The topological polar surface area (TPSA) is 38.7 Å². The van der Waals surface area contributed by atoms with E-state index in [0.29, 0.717) is 12.1 Å². The average Bonchev–Trinajstić information content (AvgIpc) is 2.53. The van der Waals surface area contributed by atoms with Crippen LogP contribution in [-0.4, -0.2) is 72.9 Å². The molecule has 3 atom stereocenters. The molecule has 2 rings (SSSR count). The summed E-state index contributed by atoms with van der Waals surface area (Å²) in [6.07, 6.45) is 8.57. The van der Waals surface area contributed by atoms with Crippen LogP contribution in [0.25, 0.3) is 0 Å². The molecule has 1 aliphatic heterocycles. The van der Waals surface area contributed by atoms with E-state index < -0.39 is 0 Å². The summed E-state index contributed by atoms with van der Waals surface area (Å²) in [5, 5.41) is 13.6. The first-order chi connectivity index (χ1) is 10.1. The maximum atomic E-state index is 9.94. The van der Waals surface area contributed by atoms with Crippen LogP contribution in [0.5, 0.6) is 0 Å². The van der Waals surface area contributed by atoms with Crippen LogP contribution in [0.2, 0.25) is 0 Å². The van der Waals surface area contributed by atoms with Crippen LogP contribution in [-0.2, 0) is 0 Å². The van der Waals surface area contributed by atoms with Crippen molar-refractivity contribution >= 4 is 0 Å². The number of rotatable bonds is 6. The largest absolute Gasteiger partial charge is 0.394 e. The average molecular weight is 297 g/mol. The van der Waals surface area contributed by atoms with Gasteiger partial charge in [-0.25, -0.2) is 0 Å². The Balaban J connectivity index is 1.96. The van der Waals surface area contributed by atoms with Gasteiger partial charge >= 0.3 is 0 Å². The lowest BCUT2D eigenvalue weighted by Crippen LogP contribution is -2.58. The van der Waals surface area contributed by atoms with Crippen molar-refractivity contribution in [1.82, 2.24) is 15.1 Å². The Kier molecular flexibility index (Phi) is 6.48. The Labute approximate surface area is 130 Å². The Morgan fingerprint density at radius 1 is 1.29 bits per heavy atom. The molecule has 2 fully saturated rings. The fraction of sp³-hybridized carbons (Fsp3) is 1.00. The smallest absolute Gasteiger partial charge is 0.0613 e. The minimum atomic E-state index is -0.0238. The molecule has 124 valence electrons. The second kappa shape index (κ2) is 7.91. The lowest BCUT2D eigenvalue weighted by Gasteiger charge is -2.47. The van der Waals surface area contributed by atoms with Gasteiger partial charge in [-0.05, 0) is 72.1 Å². The van der Waals surface area contributed by atoms with Crippen molar-refractivity contribution in [3.8, 4) is 0 Å². The van der Waals surface area contributed by atoms with Crippen LogP contribution in [0.3, 0.4) is 0 Å². The molecule has 0 radical (unpaired) electrons. The van der Waals surface area contributed by atoms with E-state index in [-0.39, 0.29) is 12.1 Å². The molecule has 0 spiro atoms. The van der Waals surface area contributed by atoms with E-state index in [9.17, 15) is 5.11 Å². The molecule has 0 aromatic rings. The molecule has 0 bridgehead atoms. The van der Waals surface area contributed by atoms with Gasteiger partial charge < -0.3 is 15.3 Å². The summed E-state index contributed by atoms with van der Waals surface area (Å²) in [5.41, 5.74) is -0.0238. The van der Waals surface area contributed by atoms with E-state index in [0.717, 1.165) is 25.8 Å². The first kappa shape index (κ1) is 17.2. The van der Waals surface area contributed by atoms with Crippen LogP contribution < -0.4 is 5.32 Å². The number of aliphatic hydroxyl groups is 1. The fourth-order valence-corrected chi connectivity index (χ4v) is 4.13. The minimum absolute atomic E-state index is 0.0238. The summed E-state index contributed by atoms with van der Waals surface area (Å²) in [6.45, 7) is 5.95. The van der Waals surface area contributed by atoms with Gasteiger partial charge in [0.2, 0.25) is 0 Å². The molecule has 0 aromatic heterocycles. The van der Waals surface area contributed by atoms with E-state index in [4.69, 9.17) is 0 Å². The van der Waals surface area contributed by atoms with Crippen molar-refractivity contribution in [3.05, 3.63) is 0 Å². The molecular weight excluding hydrogens is 262 g/mol. The van der Waals surface area contributed by atoms with Gasteiger partial charge in [0.1, 0.15) is 0 Å². The molecular formula is C17H35N3O. The molecule has 4 nitrogen and oxygen atoms in total. The molecule has 1 saturated carbocycles. The zero-order valence-corrected chi connectivity index (χ0v) is 14.3. The van der Waals surface area contributed by atoms with Crippen LogP contribution in [0.15, 0.2) is 0 Å². The van der Waals surface area contributed by atoms with E-state index in [1.165, 1.54) is 38.8 Å². The maximum absolute atomic E-state index is 9.94. The van der Waals surface area contributed by atoms with Crippen molar-refractivity contribution in [3.63, 3.8) is 0 Å². The highest BCUT2D eigenvalue weighted by Gasteiger charge is 2.38. The van der Waals surface area contributed by atoms with Gasteiger partial charge in [-0.15, -0.1) is 0 Å². The number of piperidine rings is 1. The van der Waals surface area contributed by atoms with Gasteiger partial charge in [0.05, 0.1) is 6.61 Å². The molecule has 21 heavy (non-hydrogen) atoms. The van der Waals surface area contributed by atoms with Crippen molar-refractivity contribution < 1.29 is 5.11 Å². The Morgan fingerprint density at radius 3 is 2.76 bits per heavy atom. The maximum Gasteiger partial charge on any atom is 0.0613 e. The highest BCUT2D eigenvalue weighted by atomic mass is 16.3. The lowest BCUT2D eigenvalue weighted by atomic mass is 9.78. The third-order valence-electron chi connectivity index (χ3n) is 5.55. The number of likely N-dealkylation sites (N-methyl/N-ethyl adjacent to an activating group) is 1. The molecule has 1 heterocycles. The lowest BCUT2D eigenvalue weighted by molar-refractivity contribution is 0.0318. The number of hydrogen-bond acceptors (Lipinski definition) is 4. The number of nitrogens with one attached hydrogen (secondary N) is 1. The summed E-state index contributed by atoms with van der Waals surface area (Å²) in [5.74, 6) is 0. The second-order valence-corrected chi connectivity index (χ2v) is 7.37. The summed E-state index contributed by atoms with van der Waals surface area (Å²) < 4.78 is 0. The number of hydrogen-bond donors (Lipinski definition) is 2. The summed E-state index contributed by atoms with van der Waals surface area (Å²) in [6, 6.07) is 1.35. The zero-order valence-electron chi connectivity index (χ0n) is 14.3. The van der Waals surface area contributed by atoms with Crippen LogP contribution in [0, 0.1) is 0 Å².